The van der Waals surface area contributed by atoms with E-state index in [1.807, 2.05) is 6.07 Å². The summed E-state index contributed by atoms with van der Waals surface area (Å²) >= 11 is 6.43. The lowest BCUT2D eigenvalue weighted by molar-refractivity contribution is 0.171. The minimum absolute atomic E-state index is 0.587. The van der Waals surface area contributed by atoms with Gasteiger partial charge in [-0.15, -0.1) is 0 Å². The highest BCUT2D eigenvalue weighted by molar-refractivity contribution is 6.33. The molecule has 3 rings (SSSR count). The summed E-state index contributed by atoms with van der Waals surface area (Å²) in [7, 11) is 0. The van der Waals surface area contributed by atoms with Crippen molar-refractivity contribution in [1.82, 2.24) is 5.32 Å². The molecule has 2 heterocycles. The second kappa shape index (κ2) is 5.37. The number of piperidine rings is 1. The Morgan fingerprint density at radius 2 is 1.94 bits per heavy atom. The molecule has 4 heteroatoms. The van der Waals surface area contributed by atoms with Crippen LogP contribution >= 0.6 is 11.6 Å². The molecule has 1 aromatic rings. The van der Waals surface area contributed by atoms with Crippen LogP contribution in [0.2, 0.25) is 5.02 Å². The van der Waals surface area contributed by atoms with Gasteiger partial charge in [0.25, 0.3) is 0 Å². The van der Waals surface area contributed by atoms with E-state index in [0.717, 1.165) is 41.9 Å². The summed E-state index contributed by atoms with van der Waals surface area (Å²) in [5.74, 6) is 2.24. The third-order valence-electron chi connectivity index (χ3n) is 3.70. The van der Waals surface area contributed by atoms with E-state index in [2.05, 4.69) is 11.4 Å². The molecule has 1 fully saturated rings. The molecule has 2 aliphatic rings. The molecule has 1 saturated heterocycles. The maximum Gasteiger partial charge on any atom is 0.180 e. The Bertz CT molecular complexity index is 430. The molecule has 0 atom stereocenters. The van der Waals surface area contributed by atoms with Gasteiger partial charge in [0.05, 0.1) is 5.02 Å². The Kier molecular flexibility index (Phi) is 3.62. The topological polar surface area (TPSA) is 30.5 Å². The molecule has 0 saturated carbocycles. The standard InChI is InChI=1S/C14H18ClNO2/c15-13-11(9-10-3-5-16-6-4-10)1-2-12-14(13)18-8-7-17-12/h1-2,10,16H,3-9H2. The van der Waals surface area contributed by atoms with Crippen LogP contribution in [0.15, 0.2) is 12.1 Å². The fourth-order valence-corrected chi connectivity index (χ4v) is 2.96. The van der Waals surface area contributed by atoms with Gasteiger partial charge in [0.15, 0.2) is 11.5 Å². The van der Waals surface area contributed by atoms with E-state index in [9.17, 15) is 0 Å². The first-order valence-electron chi connectivity index (χ1n) is 6.62. The molecule has 0 aliphatic carbocycles. The lowest BCUT2D eigenvalue weighted by Gasteiger charge is -2.25. The number of halogens is 1. The predicted octanol–water partition coefficient (Wildman–Crippen LogP) is 2.65. The summed E-state index contributed by atoms with van der Waals surface area (Å²) in [5, 5.41) is 4.13. The van der Waals surface area contributed by atoms with Gasteiger partial charge < -0.3 is 14.8 Å². The molecule has 3 nitrogen and oxygen atoms in total. The second-order valence-electron chi connectivity index (χ2n) is 4.96. The zero-order valence-electron chi connectivity index (χ0n) is 10.4. The molecule has 1 N–H and O–H groups in total. The molecule has 0 unspecified atom stereocenters. The highest BCUT2D eigenvalue weighted by Gasteiger charge is 2.20. The van der Waals surface area contributed by atoms with Crippen LogP contribution in [0.4, 0.5) is 0 Å². The van der Waals surface area contributed by atoms with E-state index in [4.69, 9.17) is 21.1 Å². The lowest BCUT2D eigenvalue weighted by atomic mass is 9.91. The van der Waals surface area contributed by atoms with Crippen LogP contribution in [0.1, 0.15) is 18.4 Å². The Hall–Kier alpha value is -0.930. The summed E-state index contributed by atoms with van der Waals surface area (Å²) in [5.41, 5.74) is 1.19. The van der Waals surface area contributed by atoms with Crippen molar-refractivity contribution in [3.8, 4) is 11.5 Å². The summed E-state index contributed by atoms with van der Waals surface area (Å²) < 4.78 is 11.1. The van der Waals surface area contributed by atoms with Crippen LogP contribution in [0.25, 0.3) is 0 Å². The highest BCUT2D eigenvalue weighted by Crippen LogP contribution is 2.40. The van der Waals surface area contributed by atoms with Crippen LogP contribution in [0.3, 0.4) is 0 Å². The largest absolute Gasteiger partial charge is 0.486 e. The van der Waals surface area contributed by atoms with E-state index in [1.54, 1.807) is 0 Å². The predicted molar refractivity (Wildman–Crippen MR) is 71.7 cm³/mol. The molecule has 18 heavy (non-hydrogen) atoms. The molecule has 0 aromatic heterocycles. The number of nitrogens with one attached hydrogen (secondary N) is 1. The smallest absolute Gasteiger partial charge is 0.180 e. The monoisotopic (exact) mass is 267 g/mol. The summed E-state index contributed by atoms with van der Waals surface area (Å²) in [6.07, 6.45) is 3.49. The van der Waals surface area contributed by atoms with Crippen molar-refractivity contribution in [3.63, 3.8) is 0 Å². The molecular weight excluding hydrogens is 250 g/mol. The second-order valence-corrected chi connectivity index (χ2v) is 5.34. The minimum atomic E-state index is 0.587. The van der Waals surface area contributed by atoms with Crippen molar-refractivity contribution in [3.05, 3.63) is 22.7 Å². The minimum Gasteiger partial charge on any atom is -0.486 e. The molecule has 98 valence electrons. The SMILES string of the molecule is Clc1c(CC2CCNCC2)ccc2c1OCCO2. The van der Waals surface area contributed by atoms with Crippen molar-refractivity contribution >= 4 is 11.6 Å². The van der Waals surface area contributed by atoms with Gasteiger partial charge in [-0.2, -0.15) is 0 Å². The van der Waals surface area contributed by atoms with Crippen molar-refractivity contribution in [2.24, 2.45) is 5.92 Å². The average molecular weight is 268 g/mol. The van der Waals surface area contributed by atoms with E-state index in [-0.39, 0.29) is 0 Å². The van der Waals surface area contributed by atoms with E-state index < -0.39 is 0 Å². The van der Waals surface area contributed by atoms with Gasteiger partial charge in [0.2, 0.25) is 0 Å². The maximum atomic E-state index is 6.43. The van der Waals surface area contributed by atoms with Crippen LogP contribution in [0.5, 0.6) is 11.5 Å². The quantitative estimate of drug-likeness (QED) is 0.894. The van der Waals surface area contributed by atoms with Crippen molar-refractivity contribution in [2.45, 2.75) is 19.3 Å². The zero-order chi connectivity index (χ0) is 12.4. The van der Waals surface area contributed by atoms with Gasteiger partial charge >= 0.3 is 0 Å². The molecule has 1 aromatic carbocycles. The summed E-state index contributed by atoms with van der Waals surface area (Å²) in [6.45, 7) is 3.43. The van der Waals surface area contributed by atoms with Gasteiger partial charge in [-0.1, -0.05) is 17.7 Å². The van der Waals surface area contributed by atoms with Crippen LogP contribution in [-0.2, 0) is 6.42 Å². The molecule has 0 radical (unpaired) electrons. The number of hydrogen-bond acceptors (Lipinski definition) is 3. The molecule has 0 bridgehead atoms. The zero-order valence-corrected chi connectivity index (χ0v) is 11.1. The number of ether oxygens (including phenoxy) is 2. The highest BCUT2D eigenvalue weighted by atomic mass is 35.5. The first-order chi connectivity index (χ1) is 8.84. The molecule has 2 aliphatic heterocycles. The van der Waals surface area contributed by atoms with Crippen molar-refractivity contribution < 1.29 is 9.47 Å². The fourth-order valence-electron chi connectivity index (χ4n) is 2.68. The normalized spacial score (nSPS) is 19.8. The van der Waals surface area contributed by atoms with E-state index in [0.29, 0.717) is 13.2 Å². The van der Waals surface area contributed by atoms with Gasteiger partial charge in [-0.3, -0.25) is 0 Å². The van der Waals surface area contributed by atoms with Crippen LogP contribution < -0.4 is 14.8 Å². The van der Waals surface area contributed by atoms with Gasteiger partial charge in [0.1, 0.15) is 13.2 Å². The van der Waals surface area contributed by atoms with Crippen molar-refractivity contribution in [1.29, 1.82) is 0 Å². The molecule has 0 amide bonds. The number of fused-ring (bicyclic) bond motifs is 1. The average Bonchev–Trinajstić information content (AvgIpc) is 2.43. The Morgan fingerprint density at radius 3 is 2.78 bits per heavy atom. The number of rotatable bonds is 2. The Morgan fingerprint density at radius 1 is 1.17 bits per heavy atom. The Labute approximate surface area is 112 Å². The number of benzene rings is 1. The van der Waals surface area contributed by atoms with E-state index in [1.165, 1.54) is 18.4 Å². The van der Waals surface area contributed by atoms with Crippen LogP contribution in [-0.4, -0.2) is 26.3 Å². The van der Waals surface area contributed by atoms with Gasteiger partial charge in [-0.05, 0) is 49.9 Å². The third kappa shape index (κ3) is 2.43. The van der Waals surface area contributed by atoms with Gasteiger partial charge in [0, 0.05) is 0 Å². The van der Waals surface area contributed by atoms with E-state index >= 15 is 0 Å². The third-order valence-corrected chi connectivity index (χ3v) is 4.11. The Balaban J connectivity index is 1.79. The summed E-state index contributed by atoms with van der Waals surface area (Å²) in [6, 6.07) is 4.06. The van der Waals surface area contributed by atoms with Crippen LogP contribution in [0, 0.1) is 5.92 Å². The molecule has 0 spiro atoms. The first-order valence-corrected chi connectivity index (χ1v) is 7.00. The van der Waals surface area contributed by atoms with Crippen molar-refractivity contribution in [2.75, 3.05) is 26.3 Å². The first kappa shape index (κ1) is 12.1. The maximum absolute atomic E-state index is 6.43. The fraction of sp³-hybridized carbons (Fsp3) is 0.571. The number of hydrogen-bond donors (Lipinski definition) is 1. The summed E-state index contributed by atoms with van der Waals surface area (Å²) in [4.78, 5) is 0. The molecular formula is C14H18ClNO2. The lowest BCUT2D eigenvalue weighted by Crippen LogP contribution is -2.28. The van der Waals surface area contributed by atoms with Gasteiger partial charge in [-0.25, -0.2) is 0 Å².